The molecule has 0 bridgehead atoms. The summed E-state index contributed by atoms with van der Waals surface area (Å²) < 4.78 is 13.4. The molecule has 0 saturated heterocycles. The zero-order valence-corrected chi connectivity index (χ0v) is 9.04. The number of carbonyl (C=O) groups is 1. The first-order valence-corrected chi connectivity index (χ1v) is 5.10. The van der Waals surface area contributed by atoms with Crippen LogP contribution in [0.25, 0.3) is 11.1 Å². The molecular formula is C13H8ClFO. The van der Waals surface area contributed by atoms with Crippen LogP contribution in [-0.4, -0.2) is 6.29 Å². The highest BCUT2D eigenvalue weighted by molar-refractivity contribution is 6.33. The van der Waals surface area contributed by atoms with Crippen LogP contribution in [0.2, 0.25) is 5.02 Å². The van der Waals surface area contributed by atoms with E-state index in [4.69, 9.17) is 11.6 Å². The lowest BCUT2D eigenvalue weighted by Gasteiger charge is -2.04. The number of carbonyl (C=O) groups excluding carboxylic acids is 1. The van der Waals surface area contributed by atoms with Gasteiger partial charge in [-0.25, -0.2) is 4.39 Å². The quantitative estimate of drug-likeness (QED) is 0.719. The van der Waals surface area contributed by atoms with Crippen molar-refractivity contribution in [2.75, 3.05) is 0 Å². The van der Waals surface area contributed by atoms with Gasteiger partial charge in [0.05, 0.1) is 5.56 Å². The third-order valence-electron chi connectivity index (χ3n) is 2.31. The SMILES string of the molecule is O=Cc1ccc(-c2ccccc2Cl)cc1F. The Balaban J connectivity index is 2.54. The second kappa shape index (κ2) is 4.45. The smallest absolute Gasteiger partial charge is 0.152 e. The van der Waals surface area contributed by atoms with Gasteiger partial charge in [-0.05, 0) is 23.8 Å². The third kappa shape index (κ3) is 1.97. The van der Waals surface area contributed by atoms with Crippen molar-refractivity contribution in [2.45, 2.75) is 0 Å². The summed E-state index contributed by atoms with van der Waals surface area (Å²) in [5.41, 5.74) is 1.46. The number of aldehydes is 1. The van der Waals surface area contributed by atoms with Gasteiger partial charge in [0.2, 0.25) is 0 Å². The van der Waals surface area contributed by atoms with Gasteiger partial charge in [-0.15, -0.1) is 0 Å². The van der Waals surface area contributed by atoms with E-state index in [-0.39, 0.29) is 5.56 Å². The van der Waals surface area contributed by atoms with Crippen LogP contribution in [0.4, 0.5) is 4.39 Å². The molecule has 0 aliphatic carbocycles. The summed E-state index contributed by atoms with van der Waals surface area (Å²) in [6, 6.07) is 11.6. The standard InChI is InChI=1S/C13H8ClFO/c14-12-4-2-1-3-11(12)9-5-6-10(8-16)13(15)7-9/h1-8H. The summed E-state index contributed by atoms with van der Waals surface area (Å²) in [7, 11) is 0. The van der Waals surface area contributed by atoms with Crippen LogP contribution < -0.4 is 0 Å². The van der Waals surface area contributed by atoms with Crippen molar-refractivity contribution in [1.29, 1.82) is 0 Å². The lowest BCUT2D eigenvalue weighted by molar-refractivity contribution is 0.112. The Morgan fingerprint density at radius 1 is 1.12 bits per heavy atom. The molecule has 80 valence electrons. The van der Waals surface area contributed by atoms with Crippen LogP contribution in [0.15, 0.2) is 42.5 Å². The molecule has 16 heavy (non-hydrogen) atoms. The van der Waals surface area contributed by atoms with Crippen LogP contribution in [0.3, 0.4) is 0 Å². The van der Waals surface area contributed by atoms with Crippen molar-refractivity contribution in [2.24, 2.45) is 0 Å². The number of hydrogen-bond acceptors (Lipinski definition) is 1. The van der Waals surface area contributed by atoms with E-state index in [9.17, 15) is 9.18 Å². The van der Waals surface area contributed by atoms with Crippen LogP contribution in [0, 0.1) is 5.82 Å². The van der Waals surface area contributed by atoms with Crippen LogP contribution in [0.5, 0.6) is 0 Å². The van der Waals surface area contributed by atoms with Crippen molar-refractivity contribution in [3.63, 3.8) is 0 Å². The summed E-state index contributed by atoms with van der Waals surface area (Å²) >= 11 is 5.99. The molecular weight excluding hydrogens is 227 g/mol. The molecule has 0 aliphatic heterocycles. The number of benzene rings is 2. The maximum absolute atomic E-state index is 13.4. The molecule has 0 fully saturated rings. The van der Waals surface area contributed by atoms with E-state index in [0.717, 1.165) is 5.56 Å². The number of halogens is 2. The topological polar surface area (TPSA) is 17.1 Å². The molecule has 0 heterocycles. The molecule has 1 nitrogen and oxygen atoms in total. The van der Waals surface area contributed by atoms with Gasteiger partial charge in [0.15, 0.2) is 6.29 Å². The predicted octanol–water partition coefficient (Wildman–Crippen LogP) is 3.96. The Morgan fingerprint density at radius 3 is 2.50 bits per heavy atom. The highest BCUT2D eigenvalue weighted by Crippen LogP contribution is 2.28. The zero-order chi connectivity index (χ0) is 11.5. The fourth-order valence-corrected chi connectivity index (χ4v) is 1.73. The third-order valence-corrected chi connectivity index (χ3v) is 2.64. The molecule has 0 amide bonds. The Labute approximate surface area is 97.5 Å². The number of hydrogen-bond donors (Lipinski definition) is 0. The van der Waals surface area contributed by atoms with Crippen molar-refractivity contribution in [1.82, 2.24) is 0 Å². The Kier molecular flexibility index (Phi) is 3.02. The monoisotopic (exact) mass is 234 g/mol. The van der Waals surface area contributed by atoms with E-state index in [1.54, 1.807) is 18.2 Å². The van der Waals surface area contributed by atoms with Gasteiger partial charge in [0, 0.05) is 10.6 Å². The maximum Gasteiger partial charge on any atom is 0.152 e. The lowest BCUT2D eigenvalue weighted by atomic mass is 10.0. The first-order chi connectivity index (χ1) is 7.72. The molecule has 2 aromatic carbocycles. The van der Waals surface area contributed by atoms with Gasteiger partial charge in [-0.3, -0.25) is 4.79 Å². The Morgan fingerprint density at radius 2 is 1.88 bits per heavy atom. The van der Waals surface area contributed by atoms with Crippen LogP contribution >= 0.6 is 11.6 Å². The second-order valence-corrected chi connectivity index (χ2v) is 3.74. The van der Waals surface area contributed by atoms with Crippen LogP contribution in [0.1, 0.15) is 10.4 Å². The molecule has 0 radical (unpaired) electrons. The van der Waals surface area contributed by atoms with E-state index >= 15 is 0 Å². The second-order valence-electron chi connectivity index (χ2n) is 3.33. The summed E-state index contributed by atoms with van der Waals surface area (Å²) in [5, 5.41) is 0.556. The van der Waals surface area contributed by atoms with Gasteiger partial charge < -0.3 is 0 Å². The van der Waals surface area contributed by atoms with E-state index in [0.29, 0.717) is 16.9 Å². The average Bonchev–Trinajstić information content (AvgIpc) is 2.29. The van der Waals surface area contributed by atoms with Gasteiger partial charge in [-0.2, -0.15) is 0 Å². The molecule has 0 N–H and O–H groups in total. The minimum atomic E-state index is -0.535. The Bertz CT molecular complexity index is 537. The average molecular weight is 235 g/mol. The minimum absolute atomic E-state index is 0.0517. The highest BCUT2D eigenvalue weighted by Gasteiger charge is 2.06. The van der Waals surface area contributed by atoms with Gasteiger partial charge in [-0.1, -0.05) is 35.9 Å². The van der Waals surface area contributed by atoms with Crippen molar-refractivity contribution in [3.05, 3.63) is 58.9 Å². The maximum atomic E-state index is 13.4. The van der Waals surface area contributed by atoms with Crippen molar-refractivity contribution < 1.29 is 9.18 Å². The fourth-order valence-electron chi connectivity index (χ4n) is 1.49. The fraction of sp³-hybridized carbons (Fsp3) is 0. The molecule has 0 aromatic heterocycles. The van der Waals surface area contributed by atoms with E-state index in [1.807, 2.05) is 12.1 Å². The van der Waals surface area contributed by atoms with Gasteiger partial charge in [0.1, 0.15) is 5.82 Å². The molecule has 0 aliphatic rings. The molecule has 0 spiro atoms. The van der Waals surface area contributed by atoms with E-state index in [2.05, 4.69) is 0 Å². The first kappa shape index (κ1) is 10.8. The molecule has 2 aromatic rings. The van der Waals surface area contributed by atoms with E-state index in [1.165, 1.54) is 12.1 Å². The molecule has 3 heteroatoms. The summed E-state index contributed by atoms with van der Waals surface area (Å²) in [4.78, 5) is 10.5. The summed E-state index contributed by atoms with van der Waals surface area (Å²) in [6.07, 6.45) is 0.492. The molecule has 2 rings (SSSR count). The highest BCUT2D eigenvalue weighted by atomic mass is 35.5. The molecule has 0 unspecified atom stereocenters. The predicted molar refractivity (Wildman–Crippen MR) is 62.2 cm³/mol. The summed E-state index contributed by atoms with van der Waals surface area (Å²) in [5.74, 6) is -0.535. The van der Waals surface area contributed by atoms with Crippen molar-refractivity contribution >= 4 is 17.9 Å². The normalized spacial score (nSPS) is 10.1. The van der Waals surface area contributed by atoms with Crippen LogP contribution in [-0.2, 0) is 0 Å². The van der Waals surface area contributed by atoms with Gasteiger partial charge in [0.25, 0.3) is 0 Å². The van der Waals surface area contributed by atoms with Gasteiger partial charge >= 0.3 is 0 Å². The number of rotatable bonds is 2. The molecule has 0 atom stereocenters. The largest absolute Gasteiger partial charge is 0.298 e. The first-order valence-electron chi connectivity index (χ1n) is 4.72. The summed E-state index contributed by atoms with van der Waals surface area (Å²) in [6.45, 7) is 0. The Hall–Kier alpha value is -1.67. The lowest BCUT2D eigenvalue weighted by Crippen LogP contribution is -1.88. The van der Waals surface area contributed by atoms with Crippen molar-refractivity contribution in [3.8, 4) is 11.1 Å². The molecule has 0 saturated carbocycles. The zero-order valence-electron chi connectivity index (χ0n) is 8.28. The van der Waals surface area contributed by atoms with E-state index < -0.39 is 5.82 Å². The minimum Gasteiger partial charge on any atom is -0.298 e.